The molecule has 0 amide bonds. The van der Waals surface area contributed by atoms with Gasteiger partial charge in [-0.3, -0.25) is 10.1 Å². The minimum Gasteiger partial charge on any atom is -0.258 e. The van der Waals surface area contributed by atoms with Crippen molar-refractivity contribution in [3.05, 3.63) is 64.7 Å². The summed E-state index contributed by atoms with van der Waals surface area (Å²) < 4.78 is 52.7. The monoisotopic (exact) mass is 385 g/mol. The number of benzene rings is 2. The predicted molar refractivity (Wildman–Crippen MR) is 89.9 cm³/mol. The fraction of sp³-hybridized carbons (Fsp3) is 0.143. The van der Waals surface area contributed by atoms with Gasteiger partial charge in [-0.05, 0) is 18.2 Å². The van der Waals surface area contributed by atoms with Crippen LogP contribution in [0.2, 0.25) is 0 Å². The van der Waals surface area contributed by atoms with E-state index in [2.05, 4.69) is 9.44 Å². The lowest BCUT2D eigenvalue weighted by Crippen LogP contribution is -2.34. The van der Waals surface area contributed by atoms with Crippen molar-refractivity contribution < 1.29 is 21.8 Å². The molecule has 0 aromatic heterocycles. The summed E-state index contributed by atoms with van der Waals surface area (Å²) in [7, 11) is -7.90. The van der Waals surface area contributed by atoms with E-state index >= 15 is 0 Å². The molecule has 0 aliphatic rings. The first kappa shape index (κ1) is 19.0. The number of para-hydroxylation sites is 1. The largest absolute Gasteiger partial charge is 0.289 e. The quantitative estimate of drug-likeness (QED) is 0.393. The normalized spacial score (nSPS) is 12.0. The topological polar surface area (TPSA) is 135 Å². The second kappa shape index (κ2) is 7.70. The molecule has 134 valence electrons. The summed E-state index contributed by atoms with van der Waals surface area (Å²) in [6, 6.07) is 12.5. The lowest BCUT2D eigenvalue weighted by molar-refractivity contribution is -0.387. The summed E-state index contributed by atoms with van der Waals surface area (Å²) in [4.78, 5) is 9.68. The van der Waals surface area contributed by atoms with E-state index in [0.29, 0.717) is 0 Å². The molecule has 0 fully saturated rings. The number of sulfonamides is 2. The molecule has 2 aromatic rings. The van der Waals surface area contributed by atoms with Crippen LogP contribution in [-0.4, -0.2) is 34.8 Å². The highest BCUT2D eigenvalue weighted by Crippen LogP contribution is 2.22. The Labute approximate surface area is 144 Å². The molecule has 0 saturated heterocycles. The first-order valence-electron chi connectivity index (χ1n) is 7.02. The van der Waals surface area contributed by atoms with E-state index in [-0.39, 0.29) is 18.0 Å². The van der Waals surface area contributed by atoms with Crippen molar-refractivity contribution in [3.63, 3.8) is 0 Å². The lowest BCUT2D eigenvalue weighted by Gasteiger charge is -2.09. The number of rotatable bonds is 8. The van der Waals surface area contributed by atoms with E-state index in [0.717, 1.165) is 12.1 Å². The van der Waals surface area contributed by atoms with Gasteiger partial charge in [0.15, 0.2) is 4.90 Å². The van der Waals surface area contributed by atoms with Gasteiger partial charge in [0.05, 0.1) is 9.82 Å². The summed E-state index contributed by atoms with van der Waals surface area (Å²) in [5, 5.41) is 10.9. The minimum atomic E-state index is -4.14. The number of hydrogen-bond acceptors (Lipinski definition) is 6. The molecule has 0 aliphatic heterocycles. The molecule has 2 aromatic carbocycles. The van der Waals surface area contributed by atoms with Gasteiger partial charge in [0.25, 0.3) is 5.69 Å². The highest BCUT2D eigenvalue weighted by atomic mass is 32.2. The molecule has 9 nitrogen and oxygen atoms in total. The number of hydrogen-bond donors (Lipinski definition) is 2. The van der Waals surface area contributed by atoms with Gasteiger partial charge in [-0.25, -0.2) is 26.3 Å². The van der Waals surface area contributed by atoms with Gasteiger partial charge in [0, 0.05) is 19.2 Å². The van der Waals surface area contributed by atoms with Crippen LogP contribution in [0.5, 0.6) is 0 Å². The van der Waals surface area contributed by atoms with Crippen molar-refractivity contribution in [1.82, 2.24) is 9.44 Å². The highest BCUT2D eigenvalue weighted by Gasteiger charge is 2.24. The zero-order valence-corrected chi connectivity index (χ0v) is 14.5. The van der Waals surface area contributed by atoms with Crippen LogP contribution in [0.1, 0.15) is 0 Å². The average Bonchev–Trinajstić information content (AvgIpc) is 2.59. The fourth-order valence-corrected chi connectivity index (χ4v) is 4.22. The van der Waals surface area contributed by atoms with Gasteiger partial charge in [-0.15, -0.1) is 0 Å². The molecule has 0 spiro atoms. The second-order valence-corrected chi connectivity index (χ2v) is 8.34. The minimum absolute atomic E-state index is 0.0524. The van der Waals surface area contributed by atoms with Gasteiger partial charge in [0.2, 0.25) is 20.0 Å². The Morgan fingerprint density at radius 3 is 1.92 bits per heavy atom. The van der Waals surface area contributed by atoms with E-state index in [1.807, 2.05) is 0 Å². The zero-order chi connectivity index (χ0) is 18.5. The zero-order valence-electron chi connectivity index (χ0n) is 12.8. The van der Waals surface area contributed by atoms with Crippen LogP contribution in [0, 0.1) is 10.1 Å². The van der Waals surface area contributed by atoms with Crippen molar-refractivity contribution in [2.24, 2.45) is 0 Å². The van der Waals surface area contributed by atoms with Crippen LogP contribution in [0.15, 0.2) is 64.4 Å². The van der Waals surface area contributed by atoms with E-state index < -0.39 is 35.6 Å². The standard InChI is InChI=1S/C14H15N3O6S2/c18-17(19)13-8-4-5-9-14(13)25(22,23)16-11-10-15-24(20,21)12-6-2-1-3-7-12/h1-9,15-16H,10-11H2. The van der Waals surface area contributed by atoms with Gasteiger partial charge in [0.1, 0.15) is 0 Å². The summed E-state index contributed by atoms with van der Waals surface area (Å²) in [5.41, 5.74) is -0.556. The van der Waals surface area contributed by atoms with Crippen LogP contribution in [0.4, 0.5) is 5.69 Å². The van der Waals surface area contributed by atoms with Crippen LogP contribution in [0.25, 0.3) is 0 Å². The number of nitro groups is 1. The van der Waals surface area contributed by atoms with Gasteiger partial charge >= 0.3 is 0 Å². The summed E-state index contributed by atoms with van der Waals surface area (Å²) >= 11 is 0. The van der Waals surface area contributed by atoms with E-state index in [1.165, 1.54) is 24.3 Å². The first-order valence-corrected chi connectivity index (χ1v) is 9.98. The fourth-order valence-electron chi connectivity index (χ4n) is 1.97. The van der Waals surface area contributed by atoms with Crippen molar-refractivity contribution >= 4 is 25.7 Å². The Hall–Kier alpha value is -2.34. The molecule has 0 unspecified atom stereocenters. The maximum absolute atomic E-state index is 12.2. The Bertz CT molecular complexity index is 959. The van der Waals surface area contributed by atoms with Crippen LogP contribution >= 0.6 is 0 Å². The number of nitrogens with zero attached hydrogens (tertiary/aromatic N) is 1. The maximum atomic E-state index is 12.2. The molecule has 11 heteroatoms. The summed E-state index contributed by atoms with van der Waals surface area (Å²) in [6.45, 7) is -0.475. The van der Waals surface area contributed by atoms with Gasteiger partial charge in [-0.1, -0.05) is 30.3 Å². The summed E-state index contributed by atoms with van der Waals surface area (Å²) in [5.74, 6) is 0. The predicted octanol–water partition coefficient (Wildman–Crippen LogP) is 0.852. The average molecular weight is 385 g/mol. The molecule has 0 aliphatic carbocycles. The van der Waals surface area contributed by atoms with Gasteiger partial charge in [-0.2, -0.15) is 0 Å². The molecule has 0 bridgehead atoms. The lowest BCUT2D eigenvalue weighted by atomic mass is 10.3. The third kappa shape index (κ3) is 4.82. The Morgan fingerprint density at radius 2 is 1.32 bits per heavy atom. The van der Waals surface area contributed by atoms with Crippen molar-refractivity contribution in [2.45, 2.75) is 9.79 Å². The van der Waals surface area contributed by atoms with Crippen molar-refractivity contribution in [1.29, 1.82) is 0 Å². The van der Waals surface area contributed by atoms with Crippen LogP contribution < -0.4 is 9.44 Å². The third-order valence-electron chi connectivity index (χ3n) is 3.11. The smallest absolute Gasteiger partial charge is 0.258 e. The molecule has 0 atom stereocenters. The Morgan fingerprint density at radius 1 is 0.800 bits per heavy atom. The molecule has 2 N–H and O–H groups in total. The molecule has 0 saturated carbocycles. The van der Waals surface area contributed by atoms with E-state index in [4.69, 9.17) is 0 Å². The third-order valence-corrected chi connectivity index (χ3v) is 6.10. The summed E-state index contributed by atoms with van der Waals surface area (Å²) in [6.07, 6.45) is 0. The first-order chi connectivity index (χ1) is 11.7. The van der Waals surface area contributed by atoms with E-state index in [9.17, 15) is 26.9 Å². The second-order valence-electron chi connectivity index (χ2n) is 4.83. The number of nitro benzene ring substituents is 1. The van der Waals surface area contributed by atoms with E-state index in [1.54, 1.807) is 18.2 Å². The van der Waals surface area contributed by atoms with Gasteiger partial charge < -0.3 is 0 Å². The molecule has 2 rings (SSSR count). The molecule has 0 radical (unpaired) electrons. The Balaban J connectivity index is 2.01. The van der Waals surface area contributed by atoms with Crippen LogP contribution in [-0.2, 0) is 20.0 Å². The highest BCUT2D eigenvalue weighted by molar-refractivity contribution is 7.90. The van der Waals surface area contributed by atoms with Crippen LogP contribution in [0.3, 0.4) is 0 Å². The SMILES string of the molecule is O=[N+]([O-])c1ccccc1S(=O)(=O)NCCNS(=O)(=O)c1ccccc1. The molecule has 0 heterocycles. The maximum Gasteiger partial charge on any atom is 0.289 e. The number of nitrogens with one attached hydrogen (secondary N) is 2. The Kier molecular flexibility index (Phi) is 5.85. The molecule has 25 heavy (non-hydrogen) atoms. The van der Waals surface area contributed by atoms with Crippen molar-refractivity contribution in [3.8, 4) is 0 Å². The van der Waals surface area contributed by atoms with Crippen molar-refractivity contribution in [2.75, 3.05) is 13.1 Å². The molecular weight excluding hydrogens is 370 g/mol. The molecular formula is C14H15N3O6S2.